The van der Waals surface area contributed by atoms with Crippen molar-refractivity contribution in [2.45, 2.75) is 51.6 Å². The molecule has 0 aromatic carbocycles. The summed E-state index contributed by atoms with van der Waals surface area (Å²) in [6, 6.07) is 0. The molecule has 8 atom stereocenters. The number of ketones is 1. The molecule has 0 N–H and O–H groups in total. The molecular formula is C22H30O6. The molecule has 2 bridgehead atoms. The smallest absolute Gasteiger partial charge is 0.309 e. The van der Waals surface area contributed by atoms with Crippen molar-refractivity contribution in [3.8, 4) is 0 Å². The van der Waals surface area contributed by atoms with Crippen molar-refractivity contribution in [1.82, 2.24) is 0 Å². The summed E-state index contributed by atoms with van der Waals surface area (Å²) < 4.78 is 11.0. The highest BCUT2D eigenvalue weighted by atomic mass is 16.5. The van der Waals surface area contributed by atoms with Crippen LogP contribution in [0.15, 0.2) is 12.3 Å². The third-order valence-corrected chi connectivity index (χ3v) is 7.34. The van der Waals surface area contributed by atoms with Crippen molar-refractivity contribution in [1.29, 1.82) is 0 Å². The Morgan fingerprint density at radius 1 is 1.11 bits per heavy atom. The van der Waals surface area contributed by atoms with Crippen molar-refractivity contribution < 1.29 is 28.7 Å². The summed E-state index contributed by atoms with van der Waals surface area (Å²) in [5.41, 5.74) is 0. The molecule has 3 fully saturated rings. The number of esters is 1. The molecule has 8 unspecified atom stereocenters. The number of Topliss-reactive ketones (excluding diaryl/α,β-unsaturated/α-hetero) is 1. The summed E-state index contributed by atoms with van der Waals surface area (Å²) in [5, 5.41) is 0. The Hall–Kier alpha value is -1.98. The molecule has 6 heteroatoms. The monoisotopic (exact) mass is 390 g/mol. The molecule has 0 aliphatic heterocycles. The van der Waals surface area contributed by atoms with Crippen LogP contribution in [0.4, 0.5) is 0 Å². The summed E-state index contributed by atoms with van der Waals surface area (Å²) in [7, 11) is 1.34. The zero-order chi connectivity index (χ0) is 20.4. The van der Waals surface area contributed by atoms with E-state index in [9.17, 15) is 19.2 Å². The Balaban J connectivity index is 1.61. The number of carbonyl (C=O) groups is 4. The fourth-order valence-electron chi connectivity index (χ4n) is 5.91. The lowest BCUT2D eigenvalue weighted by atomic mass is 9.71. The van der Waals surface area contributed by atoms with Gasteiger partial charge >= 0.3 is 5.97 Å². The molecule has 0 aromatic rings. The minimum Gasteiger partial charge on any atom is -0.495 e. The second-order valence-electron chi connectivity index (χ2n) is 8.67. The molecule has 3 aliphatic carbocycles. The van der Waals surface area contributed by atoms with Crippen LogP contribution in [-0.4, -0.2) is 37.5 Å². The lowest BCUT2D eigenvalue weighted by Gasteiger charge is -2.37. The van der Waals surface area contributed by atoms with Crippen LogP contribution in [0.25, 0.3) is 0 Å². The number of rotatable bonds is 8. The number of carbonyl (C=O) groups excluding carboxylic acids is 4. The first-order valence-electron chi connectivity index (χ1n) is 10.3. The Labute approximate surface area is 166 Å². The first kappa shape index (κ1) is 20.7. The number of fused-ring (bicyclic) bond motifs is 2. The van der Waals surface area contributed by atoms with E-state index in [1.165, 1.54) is 7.11 Å². The maximum absolute atomic E-state index is 12.4. The Bertz CT molecular complexity index is 655. The van der Waals surface area contributed by atoms with Gasteiger partial charge in [-0.3, -0.25) is 9.59 Å². The molecule has 3 aliphatic rings. The maximum atomic E-state index is 12.4. The van der Waals surface area contributed by atoms with Gasteiger partial charge in [0, 0.05) is 17.8 Å². The first-order valence-corrected chi connectivity index (χ1v) is 10.3. The van der Waals surface area contributed by atoms with E-state index in [2.05, 4.69) is 13.5 Å². The summed E-state index contributed by atoms with van der Waals surface area (Å²) in [6.07, 6.45) is 5.01. The standard InChI is InChI=1S/C22H30O6/c1-12-14-9-18(19(10-14)21(12)20(25)6-7-23)13(2)28-16-4-5-17(22(26)27-3)15(8-16)11-24/h7,11-12,14-19,21H,2,4-6,8-10H2,1,3H3. The lowest BCUT2D eigenvalue weighted by Crippen LogP contribution is -2.37. The van der Waals surface area contributed by atoms with Gasteiger partial charge < -0.3 is 19.1 Å². The van der Waals surface area contributed by atoms with Crippen LogP contribution >= 0.6 is 0 Å². The van der Waals surface area contributed by atoms with Crippen molar-refractivity contribution in [3.05, 3.63) is 12.3 Å². The molecule has 0 radical (unpaired) electrons. The number of hydrogen-bond donors (Lipinski definition) is 0. The molecule has 0 heterocycles. The van der Waals surface area contributed by atoms with Gasteiger partial charge in [-0.2, -0.15) is 0 Å². The number of methoxy groups -OCH3 is 1. The van der Waals surface area contributed by atoms with Crippen molar-refractivity contribution >= 4 is 24.3 Å². The van der Waals surface area contributed by atoms with Gasteiger partial charge in [0.2, 0.25) is 0 Å². The molecule has 0 saturated heterocycles. The quantitative estimate of drug-likeness (QED) is 0.274. The van der Waals surface area contributed by atoms with Crippen LogP contribution in [0.5, 0.6) is 0 Å². The van der Waals surface area contributed by atoms with Gasteiger partial charge in [-0.15, -0.1) is 0 Å². The third-order valence-electron chi connectivity index (χ3n) is 7.34. The highest BCUT2D eigenvalue weighted by Crippen LogP contribution is 2.57. The first-order chi connectivity index (χ1) is 13.4. The van der Waals surface area contributed by atoms with Gasteiger partial charge in [0.05, 0.1) is 31.3 Å². The van der Waals surface area contributed by atoms with Crippen molar-refractivity contribution in [2.24, 2.45) is 41.4 Å². The summed E-state index contributed by atoms with van der Waals surface area (Å²) in [6.45, 7) is 6.26. The van der Waals surface area contributed by atoms with E-state index >= 15 is 0 Å². The minimum atomic E-state index is -0.402. The van der Waals surface area contributed by atoms with Gasteiger partial charge in [-0.25, -0.2) is 0 Å². The molecule has 3 saturated carbocycles. The number of aldehydes is 2. The number of allylic oxidation sites excluding steroid dienone is 1. The molecule has 28 heavy (non-hydrogen) atoms. The van der Waals surface area contributed by atoms with E-state index in [0.717, 1.165) is 19.1 Å². The normalized spacial score (nSPS) is 39.2. The minimum absolute atomic E-state index is 0.0170. The Morgan fingerprint density at radius 3 is 2.46 bits per heavy atom. The van der Waals surface area contributed by atoms with E-state index < -0.39 is 11.8 Å². The predicted molar refractivity (Wildman–Crippen MR) is 101 cm³/mol. The zero-order valence-electron chi connectivity index (χ0n) is 16.7. The SMILES string of the molecule is C=C(OC1CCC(C(=O)OC)C(C=O)C1)C1CC2CC1C(C(=O)CC=O)C2C. The average Bonchev–Trinajstić information content (AvgIpc) is 3.25. The third kappa shape index (κ3) is 3.78. The van der Waals surface area contributed by atoms with Crippen LogP contribution in [-0.2, 0) is 28.7 Å². The van der Waals surface area contributed by atoms with Crippen LogP contribution < -0.4 is 0 Å². The molecular weight excluding hydrogens is 360 g/mol. The van der Waals surface area contributed by atoms with E-state index in [-0.39, 0.29) is 42.0 Å². The van der Waals surface area contributed by atoms with E-state index in [4.69, 9.17) is 9.47 Å². The predicted octanol–water partition coefficient (Wildman–Crippen LogP) is 2.74. The maximum Gasteiger partial charge on any atom is 0.309 e. The second kappa shape index (κ2) is 8.58. The summed E-state index contributed by atoms with van der Waals surface area (Å²) >= 11 is 0. The highest BCUT2D eigenvalue weighted by molar-refractivity contribution is 5.92. The van der Waals surface area contributed by atoms with E-state index in [0.29, 0.717) is 43.1 Å². The molecule has 0 aromatic heterocycles. The van der Waals surface area contributed by atoms with Gasteiger partial charge in [0.1, 0.15) is 18.4 Å². The average molecular weight is 390 g/mol. The number of ether oxygens (including phenoxy) is 2. The van der Waals surface area contributed by atoms with Crippen molar-refractivity contribution in [2.75, 3.05) is 7.11 Å². The molecule has 3 rings (SSSR count). The Kier molecular flexibility index (Phi) is 6.36. The van der Waals surface area contributed by atoms with Gasteiger partial charge in [-0.1, -0.05) is 13.5 Å². The van der Waals surface area contributed by atoms with E-state index in [1.807, 2.05) is 0 Å². The molecule has 0 amide bonds. The van der Waals surface area contributed by atoms with Crippen LogP contribution in [0.1, 0.15) is 45.4 Å². The summed E-state index contributed by atoms with van der Waals surface area (Å²) in [5.74, 6) is 0.570. The fourth-order valence-corrected chi connectivity index (χ4v) is 5.91. The molecule has 6 nitrogen and oxygen atoms in total. The summed E-state index contributed by atoms with van der Waals surface area (Å²) in [4.78, 5) is 46.5. The lowest BCUT2D eigenvalue weighted by molar-refractivity contribution is -0.151. The van der Waals surface area contributed by atoms with Crippen LogP contribution in [0.3, 0.4) is 0 Å². The zero-order valence-corrected chi connectivity index (χ0v) is 16.7. The molecule has 0 spiro atoms. The Morgan fingerprint density at radius 2 is 1.86 bits per heavy atom. The van der Waals surface area contributed by atoms with Gasteiger partial charge in [0.25, 0.3) is 0 Å². The highest BCUT2D eigenvalue weighted by Gasteiger charge is 2.54. The van der Waals surface area contributed by atoms with Crippen LogP contribution in [0.2, 0.25) is 0 Å². The topological polar surface area (TPSA) is 86.7 Å². The van der Waals surface area contributed by atoms with Gasteiger partial charge in [-0.05, 0) is 49.9 Å². The van der Waals surface area contributed by atoms with Crippen LogP contribution in [0, 0.1) is 41.4 Å². The molecule has 154 valence electrons. The van der Waals surface area contributed by atoms with Gasteiger partial charge in [0.15, 0.2) is 0 Å². The van der Waals surface area contributed by atoms with E-state index in [1.54, 1.807) is 0 Å². The fraction of sp³-hybridized carbons (Fsp3) is 0.727. The van der Waals surface area contributed by atoms with Crippen molar-refractivity contribution in [3.63, 3.8) is 0 Å². The largest absolute Gasteiger partial charge is 0.495 e. The number of hydrogen-bond acceptors (Lipinski definition) is 6. The second-order valence-corrected chi connectivity index (χ2v) is 8.67.